The molecular weight excluding hydrogens is 206 g/mol. The monoisotopic (exact) mass is 225 g/mol. The van der Waals surface area contributed by atoms with E-state index < -0.39 is 11.7 Å². The largest absolute Gasteiger partial charge is 0.442 e. The smallest absolute Gasteiger partial charge is 0.434 e. The second kappa shape index (κ2) is 5.16. The zero-order valence-electron chi connectivity index (χ0n) is 10.2. The highest BCUT2D eigenvalue weighted by molar-refractivity contribution is 5.66. The quantitative estimate of drug-likeness (QED) is 0.688. The average Bonchev–Trinajstić information content (AvgIpc) is 2.39. The zero-order chi connectivity index (χ0) is 12.2. The van der Waals surface area contributed by atoms with Crippen LogP contribution >= 0.6 is 0 Å². The van der Waals surface area contributed by atoms with Gasteiger partial charge in [-0.1, -0.05) is 18.7 Å². The number of hydrogen-bond donors (Lipinski definition) is 0. The minimum Gasteiger partial charge on any atom is -0.442 e. The van der Waals surface area contributed by atoms with Crippen LogP contribution in [0.3, 0.4) is 0 Å². The fraction of sp³-hybridized carbons (Fsp3) is 0.583. The summed E-state index contributed by atoms with van der Waals surface area (Å²) in [5, 5.41) is 1.26. The van der Waals surface area contributed by atoms with E-state index in [-0.39, 0.29) is 0 Å². The van der Waals surface area contributed by atoms with E-state index in [1.54, 1.807) is 6.08 Å². The molecule has 0 radical (unpaired) electrons. The molecule has 0 aromatic heterocycles. The number of carbonyl (C=O) groups is 1. The summed E-state index contributed by atoms with van der Waals surface area (Å²) in [4.78, 5) is 17.0. The maximum Gasteiger partial charge on any atom is 0.434 e. The Labute approximate surface area is 96.5 Å². The second-order valence-corrected chi connectivity index (χ2v) is 4.63. The highest BCUT2D eigenvalue weighted by atomic mass is 16.7. The van der Waals surface area contributed by atoms with E-state index in [0.29, 0.717) is 13.2 Å². The van der Waals surface area contributed by atoms with Crippen LogP contribution in [0, 0.1) is 0 Å². The summed E-state index contributed by atoms with van der Waals surface area (Å²) in [6.45, 7) is 10.0. The normalized spacial score (nSPS) is 17.4. The maximum atomic E-state index is 11.7. The molecule has 1 amide bonds. The van der Waals surface area contributed by atoms with Crippen molar-refractivity contribution in [3.63, 3.8) is 0 Å². The van der Waals surface area contributed by atoms with Crippen molar-refractivity contribution in [2.24, 2.45) is 0 Å². The molecule has 1 aliphatic rings. The fourth-order valence-corrected chi connectivity index (χ4v) is 1.24. The highest BCUT2D eigenvalue weighted by Gasteiger charge is 2.23. The van der Waals surface area contributed by atoms with Crippen molar-refractivity contribution < 1.29 is 14.4 Å². The van der Waals surface area contributed by atoms with Crippen molar-refractivity contribution in [3.05, 3.63) is 24.3 Å². The number of nitrogens with zero attached hydrogens (tertiary/aromatic N) is 1. The molecule has 0 aromatic rings. The lowest BCUT2D eigenvalue weighted by molar-refractivity contribution is -0.135. The molecule has 1 aliphatic heterocycles. The second-order valence-electron chi connectivity index (χ2n) is 4.63. The lowest BCUT2D eigenvalue weighted by Gasteiger charge is -2.25. The molecule has 0 bridgehead atoms. The summed E-state index contributed by atoms with van der Waals surface area (Å²) in [5.41, 5.74) is 0.493. The van der Waals surface area contributed by atoms with Gasteiger partial charge in [-0.3, -0.25) is 4.84 Å². The van der Waals surface area contributed by atoms with Crippen LogP contribution in [0.4, 0.5) is 4.79 Å². The van der Waals surface area contributed by atoms with Crippen LogP contribution < -0.4 is 0 Å². The minimum atomic E-state index is -0.499. The average molecular weight is 225 g/mol. The Hall–Kier alpha value is -1.29. The summed E-state index contributed by atoms with van der Waals surface area (Å²) < 4.78 is 5.21. The van der Waals surface area contributed by atoms with E-state index in [9.17, 15) is 4.79 Å². The first kappa shape index (κ1) is 12.8. The third-order valence-electron chi connectivity index (χ3n) is 1.99. The number of hydroxylamine groups is 2. The molecule has 0 aliphatic carbocycles. The van der Waals surface area contributed by atoms with Crippen LogP contribution in [0.2, 0.25) is 0 Å². The van der Waals surface area contributed by atoms with Gasteiger partial charge in [0.1, 0.15) is 5.60 Å². The number of carbonyl (C=O) groups excluding carboxylic acids is 1. The van der Waals surface area contributed by atoms with Gasteiger partial charge in [0.05, 0.1) is 13.2 Å². The van der Waals surface area contributed by atoms with E-state index in [4.69, 9.17) is 9.57 Å². The van der Waals surface area contributed by atoms with Crippen LogP contribution in [0.5, 0.6) is 0 Å². The first-order valence-corrected chi connectivity index (χ1v) is 5.37. The molecule has 0 fully saturated rings. The van der Waals surface area contributed by atoms with Crippen molar-refractivity contribution in [2.45, 2.75) is 32.8 Å². The van der Waals surface area contributed by atoms with E-state index in [1.807, 2.05) is 26.8 Å². The van der Waals surface area contributed by atoms with Crippen molar-refractivity contribution in [2.75, 3.05) is 13.2 Å². The van der Waals surface area contributed by atoms with Crippen molar-refractivity contribution in [1.82, 2.24) is 5.06 Å². The van der Waals surface area contributed by atoms with Crippen LogP contribution in [-0.2, 0) is 9.57 Å². The third kappa shape index (κ3) is 4.06. The molecular formula is C12H19NO3. The Kier molecular flexibility index (Phi) is 4.12. The molecule has 0 saturated carbocycles. The van der Waals surface area contributed by atoms with E-state index >= 15 is 0 Å². The Morgan fingerprint density at radius 1 is 1.62 bits per heavy atom. The lowest BCUT2D eigenvalue weighted by atomic mass is 10.2. The van der Waals surface area contributed by atoms with Gasteiger partial charge in [0.15, 0.2) is 0 Å². The van der Waals surface area contributed by atoms with E-state index in [1.165, 1.54) is 5.06 Å². The first-order valence-electron chi connectivity index (χ1n) is 5.37. The molecule has 0 aromatic carbocycles. The molecule has 0 atom stereocenters. The standard InChI is InChI=1S/C12H19NO3/c1-5-10-7-6-8-13(15-9-10)11(14)16-12(2,3)4/h5,7H,1,6,8-9H2,2-4H3. The molecule has 0 saturated heterocycles. The van der Waals surface area contributed by atoms with Gasteiger partial charge >= 0.3 is 6.09 Å². The van der Waals surface area contributed by atoms with Crippen molar-refractivity contribution in [1.29, 1.82) is 0 Å². The molecule has 0 unspecified atom stereocenters. The van der Waals surface area contributed by atoms with E-state index in [0.717, 1.165) is 12.0 Å². The topological polar surface area (TPSA) is 38.8 Å². The number of amides is 1. The summed E-state index contributed by atoms with van der Waals surface area (Å²) in [7, 11) is 0. The fourth-order valence-electron chi connectivity index (χ4n) is 1.24. The number of hydrogen-bond acceptors (Lipinski definition) is 3. The number of rotatable bonds is 1. The summed E-state index contributed by atoms with van der Waals surface area (Å²) in [6.07, 6.45) is 4.06. The van der Waals surface area contributed by atoms with Crippen LogP contribution in [0.25, 0.3) is 0 Å². The van der Waals surface area contributed by atoms with Gasteiger partial charge in [-0.15, -0.1) is 0 Å². The first-order chi connectivity index (χ1) is 7.42. The van der Waals surface area contributed by atoms with Gasteiger partial charge in [0.2, 0.25) is 0 Å². The summed E-state index contributed by atoms with van der Waals surface area (Å²) in [5.74, 6) is 0. The van der Waals surface area contributed by atoms with E-state index in [2.05, 4.69) is 6.58 Å². The van der Waals surface area contributed by atoms with Crippen LogP contribution in [-0.4, -0.2) is 29.9 Å². The Morgan fingerprint density at radius 3 is 2.88 bits per heavy atom. The molecule has 0 spiro atoms. The lowest BCUT2D eigenvalue weighted by Crippen LogP contribution is -2.37. The maximum absolute atomic E-state index is 11.7. The Morgan fingerprint density at radius 2 is 2.31 bits per heavy atom. The summed E-state index contributed by atoms with van der Waals surface area (Å²) in [6, 6.07) is 0. The van der Waals surface area contributed by atoms with Gasteiger partial charge < -0.3 is 4.74 Å². The van der Waals surface area contributed by atoms with Crippen LogP contribution in [0.1, 0.15) is 27.2 Å². The third-order valence-corrected chi connectivity index (χ3v) is 1.99. The zero-order valence-corrected chi connectivity index (χ0v) is 10.2. The molecule has 90 valence electrons. The Bertz CT molecular complexity index is 302. The molecule has 16 heavy (non-hydrogen) atoms. The van der Waals surface area contributed by atoms with Crippen LogP contribution in [0.15, 0.2) is 24.3 Å². The highest BCUT2D eigenvalue weighted by Crippen LogP contribution is 2.13. The minimum absolute atomic E-state index is 0.364. The molecule has 0 N–H and O–H groups in total. The van der Waals surface area contributed by atoms with Gasteiger partial charge in [-0.05, 0) is 32.8 Å². The predicted octanol–water partition coefficient (Wildman–Crippen LogP) is 2.67. The van der Waals surface area contributed by atoms with Gasteiger partial charge in [0.25, 0.3) is 0 Å². The molecule has 1 heterocycles. The molecule has 4 nitrogen and oxygen atoms in total. The predicted molar refractivity (Wildman–Crippen MR) is 61.8 cm³/mol. The summed E-state index contributed by atoms with van der Waals surface area (Å²) >= 11 is 0. The van der Waals surface area contributed by atoms with Crippen molar-refractivity contribution in [3.8, 4) is 0 Å². The van der Waals surface area contributed by atoms with Gasteiger partial charge in [-0.25, -0.2) is 4.79 Å². The van der Waals surface area contributed by atoms with Gasteiger partial charge in [0, 0.05) is 0 Å². The number of ether oxygens (including phenoxy) is 1. The molecule has 1 rings (SSSR count). The van der Waals surface area contributed by atoms with Gasteiger partial charge in [-0.2, -0.15) is 5.06 Å². The molecule has 4 heteroatoms. The Balaban J connectivity index is 2.51. The van der Waals surface area contributed by atoms with Crippen molar-refractivity contribution >= 4 is 6.09 Å². The SMILES string of the molecule is C=CC1=CCCN(C(=O)OC(C)(C)C)OC1.